The number of unbranched alkanes of at least 4 members (excludes halogenated alkanes) is 2. The summed E-state index contributed by atoms with van der Waals surface area (Å²) in [4.78, 5) is 27.4. The summed E-state index contributed by atoms with van der Waals surface area (Å²) in [6.45, 7) is 3.22. The molecule has 1 aliphatic rings. The summed E-state index contributed by atoms with van der Waals surface area (Å²) in [7, 11) is 1.98. The van der Waals surface area contributed by atoms with Crippen molar-refractivity contribution in [2.24, 2.45) is 4.99 Å². The fourth-order valence-corrected chi connectivity index (χ4v) is 4.98. The molecule has 7 nitrogen and oxygen atoms in total. The molecule has 0 radical (unpaired) electrons. The predicted octanol–water partition coefficient (Wildman–Crippen LogP) is 7.36. The lowest BCUT2D eigenvalue weighted by atomic mass is 9.94. The number of aromatic carboxylic acids is 1. The minimum atomic E-state index is -0.996. The van der Waals surface area contributed by atoms with E-state index in [0.29, 0.717) is 39.2 Å². The molecule has 1 aromatic heterocycles. The van der Waals surface area contributed by atoms with Crippen molar-refractivity contribution in [2.45, 2.75) is 32.7 Å². The third kappa shape index (κ3) is 5.67. The van der Waals surface area contributed by atoms with E-state index in [2.05, 4.69) is 22.1 Å². The number of nitrogens with one attached hydrogen (secondary N) is 1. The van der Waals surface area contributed by atoms with Crippen LogP contribution in [0.15, 0.2) is 71.9 Å². The summed E-state index contributed by atoms with van der Waals surface area (Å²) in [6, 6.07) is 16.9. The lowest BCUT2D eigenvalue weighted by molar-refractivity contribution is 0.0697. The summed E-state index contributed by atoms with van der Waals surface area (Å²) in [5, 5.41) is 12.8. The number of halogens is 2. The van der Waals surface area contributed by atoms with Crippen molar-refractivity contribution < 1.29 is 14.3 Å². The zero-order valence-corrected chi connectivity index (χ0v) is 23.0. The first-order valence-corrected chi connectivity index (χ1v) is 13.5. The molecule has 0 amide bonds. The Hall–Kier alpha value is -4.30. The van der Waals surface area contributed by atoms with Crippen LogP contribution >= 0.6 is 11.6 Å². The fraction of sp³-hybridized carbons (Fsp3) is 0.226. The Balaban J connectivity index is 1.56. The van der Waals surface area contributed by atoms with Crippen LogP contribution in [0.25, 0.3) is 11.3 Å². The van der Waals surface area contributed by atoms with Crippen molar-refractivity contribution in [1.29, 1.82) is 0 Å². The van der Waals surface area contributed by atoms with Gasteiger partial charge in [0, 0.05) is 52.9 Å². The largest absolute Gasteiger partial charge is 0.478 e. The number of hydrogen-bond donors (Lipinski definition) is 2. The number of anilines is 3. The maximum Gasteiger partial charge on any atom is 0.335 e. The van der Waals surface area contributed by atoms with Gasteiger partial charge < -0.3 is 15.3 Å². The number of carboxylic acid groups (broad SMARTS) is 1. The van der Waals surface area contributed by atoms with E-state index in [1.165, 1.54) is 18.2 Å². The first kappa shape index (κ1) is 27.3. The molecule has 0 spiro atoms. The van der Waals surface area contributed by atoms with Crippen molar-refractivity contribution in [3.63, 3.8) is 0 Å². The minimum absolute atomic E-state index is 0.187. The van der Waals surface area contributed by atoms with E-state index < -0.39 is 5.97 Å². The van der Waals surface area contributed by atoms with Crippen LogP contribution in [0.5, 0.6) is 0 Å². The number of carbonyl (C=O) groups is 1. The number of benzene rings is 3. The number of aliphatic imine (C=N–C) groups is 1. The molecule has 204 valence electrons. The van der Waals surface area contributed by atoms with Gasteiger partial charge in [-0.1, -0.05) is 43.5 Å². The molecule has 0 bridgehead atoms. The molecule has 0 atom stereocenters. The number of hydrogen-bond acceptors (Lipinski definition) is 6. The first-order valence-electron chi connectivity index (χ1n) is 13.2. The normalized spacial score (nSPS) is 12.2. The molecule has 0 fully saturated rings. The highest BCUT2D eigenvalue weighted by molar-refractivity contribution is 6.32. The van der Waals surface area contributed by atoms with Gasteiger partial charge in [-0.3, -0.25) is 4.99 Å². The second-order valence-corrected chi connectivity index (χ2v) is 10.1. The highest BCUT2D eigenvalue weighted by atomic mass is 35.5. The van der Waals surface area contributed by atoms with E-state index >= 15 is 4.39 Å². The zero-order valence-electron chi connectivity index (χ0n) is 22.3. The average molecular weight is 558 g/mol. The molecule has 40 heavy (non-hydrogen) atoms. The van der Waals surface area contributed by atoms with Crippen molar-refractivity contribution in [2.75, 3.05) is 23.8 Å². The lowest BCUT2D eigenvalue weighted by Gasteiger charge is -2.24. The maximum atomic E-state index is 15.6. The Labute approximate surface area is 237 Å². The van der Waals surface area contributed by atoms with Gasteiger partial charge in [-0.25, -0.2) is 19.2 Å². The summed E-state index contributed by atoms with van der Waals surface area (Å²) in [6.07, 6.45) is 4.92. The quantitative estimate of drug-likeness (QED) is 0.209. The number of aromatic nitrogens is 2. The van der Waals surface area contributed by atoms with Crippen LogP contribution in [0.2, 0.25) is 5.02 Å². The van der Waals surface area contributed by atoms with Crippen LogP contribution in [0.4, 0.5) is 21.7 Å². The monoisotopic (exact) mass is 557 g/mol. The summed E-state index contributed by atoms with van der Waals surface area (Å²) >= 11 is 6.46. The zero-order chi connectivity index (χ0) is 28.2. The molecule has 0 saturated carbocycles. The number of carboxylic acids is 1. The third-order valence-electron chi connectivity index (χ3n) is 6.89. The minimum Gasteiger partial charge on any atom is -0.478 e. The second kappa shape index (κ2) is 11.8. The maximum absolute atomic E-state index is 15.6. The second-order valence-electron chi connectivity index (χ2n) is 9.69. The van der Waals surface area contributed by atoms with E-state index in [1.807, 2.05) is 19.2 Å². The smallest absolute Gasteiger partial charge is 0.335 e. The van der Waals surface area contributed by atoms with Gasteiger partial charge in [0.15, 0.2) is 0 Å². The van der Waals surface area contributed by atoms with E-state index in [9.17, 15) is 4.79 Å². The summed E-state index contributed by atoms with van der Waals surface area (Å²) in [5.74, 6) is -1.01. The van der Waals surface area contributed by atoms with Crippen molar-refractivity contribution in [3.05, 3.63) is 100.0 Å². The van der Waals surface area contributed by atoms with Gasteiger partial charge in [0.1, 0.15) is 5.82 Å². The average Bonchev–Trinajstić information content (AvgIpc) is 3.09. The Kier molecular flexibility index (Phi) is 8.07. The molecular formula is C31H29ClFN5O2. The number of fused-ring (bicyclic) bond motifs is 3. The Bertz CT molecular complexity index is 1590. The molecule has 0 unspecified atom stereocenters. The molecule has 3 aromatic carbocycles. The van der Waals surface area contributed by atoms with E-state index in [1.54, 1.807) is 36.5 Å². The van der Waals surface area contributed by atoms with E-state index in [-0.39, 0.29) is 17.9 Å². The topological polar surface area (TPSA) is 90.7 Å². The van der Waals surface area contributed by atoms with Crippen LogP contribution in [0, 0.1) is 5.82 Å². The molecule has 4 aromatic rings. The molecule has 0 aliphatic carbocycles. The molecule has 2 N–H and O–H groups in total. The van der Waals surface area contributed by atoms with Gasteiger partial charge in [0.2, 0.25) is 5.95 Å². The fourth-order valence-electron chi connectivity index (χ4n) is 4.81. The summed E-state index contributed by atoms with van der Waals surface area (Å²) < 4.78 is 15.6. The lowest BCUT2D eigenvalue weighted by Crippen LogP contribution is -2.22. The molecule has 2 heterocycles. The molecule has 1 aliphatic heterocycles. The molecule has 0 saturated heterocycles. The number of rotatable bonds is 9. The van der Waals surface area contributed by atoms with Gasteiger partial charge in [0.25, 0.3) is 0 Å². The summed E-state index contributed by atoms with van der Waals surface area (Å²) in [5.41, 5.74) is 5.47. The van der Waals surface area contributed by atoms with Gasteiger partial charge in [-0.05, 0) is 55.0 Å². The SMILES string of the molecule is CCCCCN(C)c1cccc(F)c1C1=NCc2cnc(Nc3ccc(C(=O)O)cc3)nc2-c2ccc(Cl)cc21. The van der Waals surface area contributed by atoms with Crippen molar-refractivity contribution in [3.8, 4) is 11.3 Å². The predicted molar refractivity (Wildman–Crippen MR) is 158 cm³/mol. The van der Waals surface area contributed by atoms with Gasteiger partial charge in [-0.15, -0.1) is 0 Å². The highest BCUT2D eigenvalue weighted by Gasteiger charge is 2.26. The van der Waals surface area contributed by atoms with Gasteiger partial charge in [0.05, 0.1) is 29.1 Å². The standard InChI is InChI=1S/C31H29ClFN5O2/c1-3-4-5-15-38(2)26-8-6-7-25(33)27(26)29-24-16-21(32)11-14-23(24)28-20(17-34-29)18-35-31(37-28)36-22-12-9-19(10-13-22)30(39)40/h6-14,16,18H,3-5,15,17H2,1-2H3,(H,39,40)(H,35,36,37). The van der Waals surface area contributed by atoms with Crippen LogP contribution in [-0.4, -0.2) is 40.3 Å². The van der Waals surface area contributed by atoms with Crippen LogP contribution in [0.3, 0.4) is 0 Å². The van der Waals surface area contributed by atoms with Crippen LogP contribution in [-0.2, 0) is 6.54 Å². The molecular weight excluding hydrogens is 529 g/mol. The van der Waals surface area contributed by atoms with Crippen molar-refractivity contribution in [1.82, 2.24) is 9.97 Å². The Morgan fingerprint density at radius 1 is 1.10 bits per heavy atom. The molecule has 9 heteroatoms. The van der Waals surface area contributed by atoms with Crippen LogP contribution in [0.1, 0.15) is 53.2 Å². The Morgan fingerprint density at radius 2 is 1.90 bits per heavy atom. The van der Waals surface area contributed by atoms with Crippen molar-refractivity contribution >= 4 is 40.6 Å². The molecule has 5 rings (SSSR count). The third-order valence-corrected chi connectivity index (χ3v) is 7.12. The Morgan fingerprint density at radius 3 is 2.65 bits per heavy atom. The van der Waals surface area contributed by atoms with Gasteiger partial charge in [-0.2, -0.15) is 0 Å². The van der Waals surface area contributed by atoms with E-state index in [0.717, 1.165) is 42.6 Å². The van der Waals surface area contributed by atoms with Crippen LogP contribution < -0.4 is 10.2 Å². The van der Waals surface area contributed by atoms with E-state index in [4.69, 9.17) is 26.7 Å². The number of nitrogens with zero attached hydrogens (tertiary/aromatic N) is 4. The first-order chi connectivity index (χ1) is 19.4. The highest BCUT2D eigenvalue weighted by Crippen LogP contribution is 2.36. The van der Waals surface area contributed by atoms with Gasteiger partial charge >= 0.3 is 5.97 Å².